The number of nitrogens with two attached hydrogens (primary N) is 1. The third-order valence-electron chi connectivity index (χ3n) is 3.20. The summed E-state index contributed by atoms with van der Waals surface area (Å²) in [5, 5.41) is 0. The van der Waals surface area contributed by atoms with Crippen LogP contribution in [0.3, 0.4) is 0 Å². The number of allylic oxidation sites excluding steroid dienone is 1. The maximum atomic E-state index is 12.0. The lowest BCUT2D eigenvalue weighted by molar-refractivity contribution is -0.127. The summed E-state index contributed by atoms with van der Waals surface area (Å²) in [6, 6.07) is 9.64. The molecule has 1 amide bonds. The van der Waals surface area contributed by atoms with Crippen molar-refractivity contribution in [3.8, 4) is 0 Å². The zero-order valence-electron chi connectivity index (χ0n) is 11.4. The van der Waals surface area contributed by atoms with Gasteiger partial charge in [-0.1, -0.05) is 18.2 Å². The fraction of sp³-hybridized carbons (Fsp3) is 0.333. The van der Waals surface area contributed by atoms with Gasteiger partial charge in [0.2, 0.25) is 5.91 Å². The third-order valence-corrected chi connectivity index (χ3v) is 3.20. The van der Waals surface area contributed by atoms with Crippen LogP contribution in [-0.2, 0) is 4.79 Å². The number of likely N-dealkylation sites (tertiary alicyclic amines) is 1. The van der Waals surface area contributed by atoms with E-state index in [0.29, 0.717) is 25.2 Å². The smallest absolute Gasteiger partial charge is 0.228 e. The van der Waals surface area contributed by atoms with Crippen LogP contribution in [0.4, 0.5) is 5.69 Å². The number of benzene rings is 1. The Kier molecular flexibility index (Phi) is 4.00. The minimum Gasteiger partial charge on any atom is -0.402 e. The Hall–Kier alpha value is -2.10. The Morgan fingerprint density at radius 1 is 1.32 bits per heavy atom. The van der Waals surface area contributed by atoms with Gasteiger partial charge in [-0.25, -0.2) is 4.99 Å². The van der Waals surface area contributed by atoms with Crippen molar-refractivity contribution in [3.05, 3.63) is 41.6 Å². The van der Waals surface area contributed by atoms with Crippen molar-refractivity contribution in [1.82, 2.24) is 4.90 Å². The van der Waals surface area contributed by atoms with Crippen molar-refractivity contribution >= 4 is 17.4 Å². The molecular formula is C15H19N3O. The maximum Gasteiger partial charge on any atom is 0.228 e. The Labute approximate surface area is 113 Å². The molecular weight excluding hydrogens is 238 g/mol. The molecule has 0 spiro atoms. The van der Waals surface area contributed by atoms with Gasteiger partial charge in [-0.3, -0.25) is 9.69 Å². The lowest BCUT2D eigenvalue weighted by Gasteiger charge is -2.30. The highest BCUT2D eigenvalue weighted by Crippen LogP contribution is 2.24. The number of nitrogens with zero attached hydrogens (tertiary/aromatic N) is 2. The highest BCUT2D eigenvalue weighted by Gasteiger charge is 2.27. The van der Waals surface area contributed by atoms with Gasteiger partial charge in [-0.2, -0.15) is 0 Å². The van der Waals surface area contributed by atoms with Crippen LogP contribution < -0.4 is 5.73 Å². The minimum atomic E-state index is 0.113. The summed E-state index contributed by atoms with van der Waals surface area (Å²) < 4.78 is 0. The number of piperidine rings is 1. The topological polar surface area (TPSA) is 58.7 Å². The third kappa shape index (κ3) is 2.84. The summed E-state index contributed by atoms with van der Waals surface area (Å²) >= 11 is 0. The lowest BCUT2D eigenvalue weighted by atomic mass is 10.0. The molecule has 2 N–H and O–H groups in total. The van der Waals surface area contributed by atoms with Crippen LogP contribution in [0.1, 0.15) is 26.7 Å². The molecule has 4 nitrogen and oxygen atoms in total. The van der Waals surface area contributed by atoms with E-state index in [1.807, 2.05) is 44.2 Å². The molecule has 1 aliphatic heterocycles. The standard InChI is InChI=1S/C15H19N3O/c1-3-18-14(19)10-9-13(11(2)16)15(18)17-12-7-5-4-6-8-12/h4-8H,3,9-10,16H2,1-2H3. The Balaban J connectivity index is 2.48. The molecule has 0 atom stereocenters. The number of carbonyl (C=O) groups is 1. The Morgan fingerprint density at radius 2 is 2.00 bits per heavy atom. The molecule has 0 unspecified atom stereocenters. The highest BCUT2D eigenvalue weighted by atomic mass is 16.2. The molecule has 0 bridgehead atoms. The van der Waals surface area contributed by atoms with E-state index in [1.165, 1.54) is 0 Å². The number of carbonyl (C=O) groups excluding carboxylic acids is 1. The molecule has 19 heavy (non-hydrogen) atoms. The molecule has 1 aromatic carbocycles. The second-order valence-corrected chi connectivity index (χ2v) is 4.57. The van der Waals surface area contributed by atoms with Crippen LogP contribution in [0.2, 0.25) is 0 Å². The monoisotopic (exact) mass is 257 g/mol. The molecule has 0 aromatic heterocycles. The maximum absolute atomic E-state index is 12.0. The van der Waals surface area contributed by atoms with Gasteiger partial charge in [0.25, 0.3) is 0 Å². The first-order valence-corrected chi connectivity index (χ1v) is 6.53. The quantitative estimate of drug-likeness (QED) is 0.885. The summed E-state index contributed by atoms with van der Waals surface area (Å²) in [6.07, 6.45) is 1.18. The molecule has 0 radical (unpaired) electrons. The molecule has 1 aromatic rings. The molecule has 4 heteroatoms. The predicted molar refractivity (Wildman–Crippen MR) is 77.0 cm³/mol. The van der Waals surface area contributed by atoms with Crippen molar-refractivity contribution in [2.24, 2.45) is 10.7 Å². The van der Waals surface area contributed by atoms with Crippen LogP contribution in [0, 0.1) is 0 Å². The predicted octanol–water partition coefficient (Wildman–Crippen LogP) is 2.59. The van der Waals surface area contributed by atoms with Gasteiger partial charge in [0, 0.05) is 24.2 Å². The van der Waals surface area contributed by atoms with E-state index in [0.717, 1.165) is 17.0 Å². The van der Waals surface area contributed by atoms with Crippen LogP contribution in [0.25, 0.3) is 0 Å². The van der Waals surface area contributed by atoms with E-state index >= 15 is 0 Å². The van der Waals surface area contributed by atoms with Gasteiger partial charge in [-0.15, -0.1) is 0 Å². The molecule has 0 saturated carbocycles. The number of para-hydroxylation sites is 1. The fourth-order valence-corrected chi connectivity index (χ4v) is 2.21. The summed E-state index contributed by atoms with van der Waals surface area (Å²) in [6.45, 7) is 4.42. The van der Waals surface area contributed by atoms with Gasteiger partial charge in [0.05, 0.1) is 5.69 Å². The summed E-state index contributed by atoms with van der Waals surface area (Å²) in [5.41, 5.74) is 8.49. The van der Waals surface area contributed by atoms with Gasteiger partial charge < -0.3 is 5.73 Å². The number of rotatable bonds is 2. The number of likely N-dealkylation sites (N-methyl/N-ethyl adjacent to an activating group) is 1. The summed E-state index contributed by atoms with van der Waals surface area (Å²) in [7, 11) is 0. The first-order valence-electron chi connectivity index (χ1n) is 6.53. The van der Waals surface area contributed by atoms with E-state index in [1.54, 1.807) is 4.90 Å². The summed E-state index contributed by atoms with van der Waals surface area (Å²) in [4.78, 5) is 18.3. The normalized spacial score (nSPS) is 20.8. The molecule has 0 aliphatic carbocycles. The number of hydrogen-bond acceptors (Lipinski definition) is 3. The van der Waals surface area contributed by atoms with Gasteiger partial charge >= 0.3 is 0 Å². The first kappa shape index (κ1) is 13.3. The second kappa shape index (κ2) is 5.69. The zero-order valence-corrected chi connectivity index (χ0v) is 11.4. The van der Waals surface area contributed by atoms with Crippen molar-refractivity contribution in [1.29, 1.82) is 0 Å². The van der Waals surface area contributed by atoms with E-state index in [9.17, 15) is 4.79 Å². The average Bonchev–Trinajstić information content (AvgIpc) is 2.40. The Morgan fingerprint density at radius 3 is 2.58 bits per heavy atom. The van der Waals surface area contributed by atoms with Gasteiger partial charge in [0.1, 0.15) is 5.84 Å². The molecule has 1 fully saturated rings. The fourth-order valence-electron chi connectivity index (χ4n) is 2.21. The SMILES string of the molecule is CCN1C(=O)CCC(=C(C)N)C1=Nc1ccccc1. The van der Waals surface area contributed by atoms with Crippen molar-refractivity contribution < 1.29 is 4.79 Å². The average molecular weight is 257 g/mol. The van der Waals surface area contributed by atoms with Crippen molar-refractivity contribution in [2.45, 2.75) is 26.7 Å². The first-order chi connectivity index (χ1) is 9.13. The van der Waals surface area contributed by atoms with Gasteiger partial charge in [0.15, 0.2) is 0 Å². The lowest BCUT2D eigenvalue weighted by Crippen LogP contribution is -2.42. The number of amides is 1. The van der Waals surface area contributed by atoms with Crippen LogP contribution >= 0.6 is 0 Å². The second-order valence-electron chi connectivity index (χ2n) is 4.57. The molecule has 1 heterocycles. The molecule has 1 aliphatic rings. The van der Waals surface area contributed by atoms with E-state index in [4.69, 9.17) is 5.73 Å². The van der Waals surface area contributed by atoms with Crippen LogP contribution in [-0.4, -0.2) is 23.2 Å². The number of amidine groups is 1. The molecule has 1 saturated heterocycles. The Bertz CT molecular complexity index is 528. The zero-order chi connectivity index (χ0) is 13.8. The van der Waals surface area contributed by atoms with E-state index in [2.05, 4.69) is 4.99 Å². The van der Waals surface area contributed by atoms with Gasteiger partial charge in [-0.05, 0) is 32.4 Å². The van der Waals surface area contributed by atoms with E-state index < -0.39 is 0 Å². The van der Waals surface area contributed by atoms with E-state index in [-0.39, 0.29) is 5.91 Å². The summed E-state index contributed by atoms with van der Waals surface area (Å²) in [5.74, 6) is 0.812. The molecule has 100 valence electrons. The van der Waals surface area contributed by atoms with Crippen molar-refractivity contribution in [3.63, 3.8) is 0 Å². The highest BCUT2D eigenvalue weighted by molar-refractivity contribution is 6.11. The number of aliphatic imine (C=N–C) groups is 1. The largest absolute Gasteiger partial charge is 0.402 e. The van der Waals surface area contributed by atoms with Crippen LogP contribution in [0.15, 0.2) is 46.6 Å². The molecule has 2 rings (SSSR count). The minimum absolute atomic E-state index is 0.113. The number of hydrogen-bond donors (Lipinski definition) is 1. The van der Waals surface area contributed by atoms with Crippen LogP contribution in [0.5, 0.6) is 0 Å². The van der Waals surface area contributed by atoms with Crippen molar-refractivity contribution in [2.75, 3.05) is 6.54 Å².